The molecule has 0 heterocycles. The highest BCUT2D eigenvalue weighted by Crippen LogP contribution is 2.64. The maximum atomic E-state index is 14.4. The first kappa shape index (κ1) is 41.9. The standard InChI is InChI=1S/C30H33F17O/c1-2-3-4-5-6-7-18-8-10-19(11-9-18)12-13-20-14-16-21(17-15-20)22(48)23(31,32)24(33,34)25(35,36)26(37,38)27(39,40)28(41,42)29(43,44)30(45,46)47/h14-19H,2-13H2,1H3. The Morgan fingerprint density at radius 2 is 0.938 bits per heavy atom. The summed E-state index contributed by atoms with van der Waals surface area (Å²) in [6, 6.07) is 2.62. The minimum atomic E-state index is -8.74. The summed E-state index contributed by atoms with van der Waals surface area (Å²) in [7, 11) is 0. The lowest BCUT2D eigenvalue weighted by Gasteiger charge is -2.42. The molecule has 0 atom stereocenters. The predicted octanol–water partition coefficient (Wildman–Crippen LogP) is 12.0. The van der Waals surface area contributed by atoms with Gasteiger partial charge in [-0.15, -0.1) is 0 Å². The number of rotatable bonds is 17. The van der Waals surface area contributed by atoms with Gasteiger partial charge in [0.15, 0.2) is 0 Å². The predicted molar refractivity (Wildman–Crippen MR) is 139 cm³/mol. The number of ketones is 1. The minimum absolute atomic E-state index is 0.274. The average Bonchev–Trinajstić information content (AvgIpc) is 2.99. The van der Waals surface area contributed by atoms with Crippen LogP contribution in [0.3, 0.4) is 0 Å². The topological polar surface area (TPSA) is 17.1 Å². The fraction of sp³-hybridized carbons (Fsp3) is 0.767. The molecular formula is C30H33F17O. The van der Waals surface area contributed by atoms with Gasteiger partial charge in [0, 0.05) is 5.56 Å². The molecule has 1 saturated carbocycles. The van der Waals surface area contributed by atoms with Gasteiger partial charge in [0.1, 0.15) is 0 Å². The first-order valence-electron chi connectivity index (χ1n) is 15.0. The van der Waals surface area contributed by atoms with E-state index in [0.29, 0.717) is 30.0 Å². The van der Waals surface area contributed by atoms with Crippen molar-refractivity contribution < 1.29 is 79.4 Å². The third-order valence-corrected chi connectivity index (χ3v) is 8.75. The van der Waals surface area contributed by atoms with Crippen LogP contribution in [0.25, 0.3) is 0 Å². The van der Waals surface area contributed by atoms with Crippen molar-refractivity contribution in [3.8, 4) is 0 Å². The summed E-state index contributed by atoms with van der Waals surface area (Å²) in [5.74, 6) is -60.5. The van der Waals surface area contributed by atoms with Crippen molar-refractivity contribution in [2.24, 2.45) is 11.8 Å². The van der Waals surface area contributed by atoms with E-state index in [2.05, 4.69) is 6.92 Å². The first-order valence-corrected chi connectivity index (χ1v) is 15.0. The van der Waals surface area contributed by atoms with Gasteiger partial charge in [-0.05, 0) is 30.2 Å². The Balaban J connectivity index is 2.15. The van der Waals surface area contributed by atoms with E-state index in [1.165, 1.54) is 12.8 Å². The largest absolute Gasteiger partial charge is 0.460 e. The summed E-state index contributed by atoms with van der Waals surface area (Å²) in [6.07, 6.45) is 3.72. The van der Waals surface area contributed by atoms with Gasteiger partial charge in [-0.2, -0.15) is 74.6 Å². The summed E-state index contributed by atoms with van der Waals surface area (Å²) in [5.41, 5.74) is -1.22. The lowest BCUT2D eigenvalue weighted by atomic mass is 9.77. The van der Waals surface area contributed by atoms with Crippen molar-refractivity contribution in [3.63, 3.8) is 0 Å². The maximum Gasteiger partial charge on any atom is 0.460 e. The smallest absolute Gasteiger partial charge is 0.287 e. The SMILES string of the molecule is CCCCCCCC1CCC(CCc2ccc(C(=O)C(F)(F)C(F)(F)C(F)(F)C(F)(F)C(F)(F)C(F)(F)C(F)(F)C(F)(F)F)cc2)CC1. The lowest BCUT2D eigenvalue weighted by Crippen LogP contribution is -2.75. The molecule has 1 fully saturated rings. The second-order valence-corrected chi connectivity index (χ2v) is 12.2. The van der Waals surface area contributed by atoms with Crippen LogP contribution in [0, 0.1) is 11.8 Å². The zero-order valence-corrected chi connectivity index (χ0v) is 25.3. The molecule has 0 spiro atoms. The Hall–Kier alpha value is -2.30. The zero-order chi connectivity index (χ0) is 37.2. The van der Waals surface area contributed by atoms with Gasteiger partial charge in [0.25, 0.3) is 0 Å². The molecule has 18 heteroatoms. The van der Waals surface area contributed by atoms with E-state index in [1.54, 1.807) is 0 Å². The zero-order valence-electron chi connectivity index (χ0n) is 25.3. The van der Waals surface area contributed by atoms with E-state index in [1.807, 2.05) is 0 Å². The molecule has 0 N–H and O–H groups in total. The molecule has 0 aliphatic heterocycles. The number of carbonyl (C=O) groups excluding carboxylic acids is 1. The van der Waals surface area contributed by atoms with Crippen LogP contribution in [0.2, 0.25) is 0 Å². The molecule has 0 saturated heterocycles. The third kappa shape index (κ3) is 7.55. The van der Waals surface area contributed by atoms with Gasteiger partial charge < -0.3 is 0 Å². The molecule has 48 heavy (non-hydrogen) atoms. The molecule has 1 aliphatic carbocycles. The number of carbonyl (C=O) groups is 1. The Bertz CT molecular complexity index is 1200. The van der Waals surface area contributed by atoms with E-state index < -0.39 is 59.0 Å². The maximum absolute atomic E-state index is 14.4. The van der Waals surface area contributed by atoms with Crippen molar-refractivity contribution in [2.75, 3.05) is 0 Å². The van der Waals surface area contributed by atoms with E-state index >= 15 is 0 Å². The molecule has 0 unspecified atom stereocenters. The molecule has 0 aromatic heterocycles. The molecule has 1 nitrogen and oxygen atoms in total. The van der Waals surface area contributed by atoms with Crippen molar-refractivity contribution in [2.45, 2.75) is 132 Å². The highest BCUT2D eigenvalue weighted by Gasteiger charge is 2.95. The minimum Gasteiger partial charge on any atom is -0.287 e. The Kier molecular flexibility index (Phi) is 12.7. The third-order valence-electron chi connectivity index (χ3n) is 8.75. The second kappa shape index (κ2) is 14.5. The number of Topliss-reactive ketones (excluding diaryl/α,β-unsaturated/α-hetero) is 1. The number of alkyl halides is 17. The summed E-state index contributed by atoms with van der Waals surface area (Å²) in [4.78, 5) is 12.1. The van der Waals surface area contributed by atoms with Gasteiger partial charge >= 0.3 is 47.6 Å². The quantitative estimate of drug-likeness (QED) is 0.0886. The van der Waals surface area contributed by atoms with Crippen molar-refractivity contribution in [3.05, 3.63) is 35.4 Å². The van der Waals surface area contributed by atoms with Crippen molar-refractivity contribution in [1.82, 2.24) is 0 Å². The number of hydrogen-bond acceptors (Lipinski definition) is 1. The van der Waals surface area contributed by atoms with Crippen LogP contribution in [0.4, 0.5) is 74.6 Å². The summed E-state index contributed by atoms with van der Waals surface area (Å²) >= 11 is 0. The Morgan fingerprint density at radius 1 is 0.542 bits per heavy atom. The van der Waals surface area contributed by atoms with Crippen LogP contribution in [-0.4, -0.2) is 53.4 Å². The van der Waals surface area contributed by atoms with Crippen LogP contribution >= 0.6 is 0 Å². The first-order chi connectivity index (χ1) is 21.6. The van der Waals surface area contributed by atoms with Gasteiger partial charge in [0.05, 0.1) is 0 Å². The fourth-order valence-corrected chi connectivity index (χ4v) is 5.53. The highest BCUT2D eigenvalue weighted by atomic mass is 19.4. The molecule has 0 amide bonds. The normalized spacial score (nSPS) is 19.5. The molecule has 0 bridgehead atoms. The second-order valence-electron chi connectivity index (χ2n) is 12.2. The van der Waals surface area contributed by atoms with Crippen LogP contribution in [0.15, 0.2) is 24.3 Å². The molecule has 0 radical (unpaired) electrons. The van der Waals surface area contributed by atoms with Crippen LogP contribution in [-0.2, 0) is 6.42 Å². The molecular weight excluding hydrogens is 699 g/mol. The van der Waals surface area contributed by atoms with Crippen molar-refractivity contribution in [1.29, 1.82) is 0 Å². The lowest BCUT2D eigenvalue weighted by molar-refractivity contribution is -0.459. The van der Waals surface area contributed by atoms with Crippen LogP contribution < -0.4 is 0 Å². The van der Waals surface area contributed by atoms with Crippen LogP contribution in [0.1, 0.15) is 93.5 Å². The summed E-state index contributed by atoms with van der Waals surface area (Å²) in [5, 5.41) is 0. The molecule has 1 aliphatic rings. The summed E-state index contributed by atoms with van der Waals surface area (Å²) < 4.78 is 230. The molecule has 278 valence electrons. The van der Waals surface area contributed by atoms with Crippen molar-refractivity contribution >= 4 is 5.78 Å². The van der Waals surface area contributed by atoms with Gasteiger partial charge in [-0.3, -0.25) is 4.79 Å². The van der Waals surface area contributed by atoms with E-state index in [4.69, 9.17) is 0 Å². The fourth-order valence-electron chi connectivity index (χ4n) is 5.53. The molecule has 1 aromatic rings. The number of hydrogen-bond donors (Lipinski definition) is 0. The number of benzene rings is 1. The van der Waals surface area contributed by atoms with E-state index in [-0.39, 0.29) is 12.3 Å². The average molecular weight is 733 g/mol. The summed E-state index contributed by atoms with van der Waals surface area (Å²) in [6.45, 7) is 2.12. The highest BCUT2D eigenvalue weighted by molar-refractivity contribution is 6.02. The Morgan fingerprint density at radius 3 is 1.38 bits per heavy atom. The van der Waals surface area contributed by atoms with Gasteiger partial charge in [-0.25, -0.2) is 0 Å². The van der Waals surface area contributed by atoms with E-state index in [0.717, 1.165) is 63.5 Å². The number of aryl methyl sites for hydroxylation is 1. The van der Waals surface area contributed by atoms with E-state index in [9.17, 15) is 79.4 Å². The molecule has 2 rings (SSSR count). The van der Waals surface area contributed by atoms with Crippen LogP contribution in [0.5, 0.6) is 0 Å². The van der Waals surface area contributed by atoms with Gasteiger partial charge in [-0.1, -0.05) is 95.4 Å². The number of halogens is 17. The number of unbranched alkanes of at least 4 members (excludes halogenated alkanes) is 4. The Labute approximate surface area is 264 Å². The van der Waals surface area contributed by atoms with Gasteiger partial charge in [0.2, 0.25) is 5.78 Å². The molecule has 1 aromatic carbocycles. The monoisotopic (exact) mass is 732 g/mol.